The monoisotopic (exact) mass is 358 g/mol. The fraction of sp³-hybridized carbons (Fsp3) is 0.700. The third-order valence-electron chi connectivity index (χ3n) is 5.56. The number of piperazine rings is 1. The number of likely N-dealkylation sites (tertiary alicyclic amines) is 1. The van der Waals surface area contributed by atoms with E-state index < -0.39 is 0 Å². The van der Waals surface area contributed by atoms with Crippen LogP contribution < -0.4 is 10.2 Å². The topological polar surface area (TPSA) is 47.0 Å². The molecule has 0 unspecified atom stereocenters. The lowest BCUT2D eigenvalue weighted by molar-refractivity contribution is 0.184. The maximum Gasteiger partial charge on any atom is 0.193 e. The molecule has 0 saturated carbocycles. The normalized spacial score (nSPS) is 20.5. The van der Waals surface area contributed by atoms with Gasteiger partial charge in [-0.3, -0.25) is 4.99 Å². The van der Waals surface area contributed by atoms with Crippen molar-refractivity contribution in [3.05, 3.63) is 24.4 Å². The Balaban J connectivity index is 1.41. The smallest absolute Gasteiger partial charge is 0.193 e. The first-order chi connectivity index (χ1) is 12.8. The molecular formula is C20H34N6. The SMILES string of the molecule is CCCN1CCC(CNC(=NC)N2CCN(c3ccccn3)CC2)CC1. The zero-order valence-corrected chi connectivity index (χ0v) is 16.4. The highest BCUT2D eigenvalue weighted by molar-refractivity contribution is 5.80. The van der Waals surface area contributed by atoms with Crippen LogP contribution >= 0.6 is 0 Å². The molecule has 2 aliphatic rings. The van der Waals surface area contributed by atoms with Gasteiger partial charge in [-0.2, -0.15) is 0 Å². The Morgan fingerprint density at radius 2 is 1.92 bits per heavy atom. The molecule has 1 aromatic heterocycles. The highest BCUT2D eigenvalue weighted by atomic mass is 15.4. The molecule has 0 atom stereocenters. The van der Waals surface area contributed by atoms with E-state index >= 15 is 0 Å². The van der Waals surface area contributed by atoms with Crippen molar-refractivity contribution in [1.82, 2.24) is 20.1 Å². The van der Waals surface area contributed by atoms with E-state index in [1.165, 1.54) is 38.9 Å². The van der Waals surface area contributed by atoms with Crippen LogP contribution in [0.1, 0.15) is 26.2 Å². The first kappa shape index (κ1) is 19.0. The standard InChI is InChI=1S/C20H34N6/c1-3-10-24-11-7-18(8-12-24)17-23-20(21-2)26-15-13-25(14-16-26)19-6-4-5-9-22-19/h4-6,9,18H,3,7-8,10-17H2,1-2H3,(H,21,23). The van der Waals surface area contributed by atoms with Crippen LogP contribution in [0.3, 0.4) is 0 Å². The molecule has 0 radical (unpaired) electrons. The number of pyridine rings is 1. The van der Waals surface area contributed by atoms with Gasteiger partial charge >= 0.3 is 0 Å². The van der Waals surface area contributed by atoms with Crippen LogP contribution in [0.2, 0.25) is 0 Å². The molecule has 0 aliphatic carbocycles. The van der Waals surface area contributed by atoms with Crippen LogP contribution in [0.15, 0.2) is 29.4 Å². The van der Waals surface area contributed by atoms with E-state index in [0.717, 1.165) is 50.4 Å². The van der Waals surface area contributed by atoms with Crippen molar-refractivity contribution in [3.63, 3.8) is 0 Å². The molecule has 2 fully saturated rings. The predicted molar refractivity (Wildman–Crippen MR) is 109 cm³/mol. The summed E-state index contributed by atoms with van der Waals surface area (Å²) in [4.78, 5) is 16.3. The summed E-state index contributed by atoms with van der Waals surface area (Å²) in [6, 6.07) is 6.12. The van der Waals surface area contributed by atoms with Crippen LogP contribution in [0.5, 0.6) is 0 Å². The van der Waals surface area contributed by atoms with Crippen LogP contribution in [0.25, 0.3) is 0 Å². The van der Waals surface area contributed by atoms with E-state index in [-0.39, 0.29) is 0 Å². The molecule has 3 rings (SSSR count). The number of piperidine rings is 1. The van der Waals surface area contributed by atoms with E-state index in [2.05, 4.69) is 49.0 Å². The molecule has 6 nitrogen and oxygen atoms in total. The molecule has 2 saturated heterocycles. The van der Waals surface area contributed by atoms with Gasteiger partial charge in [0.2, 0.25) is 0 Å². The first-order valence-corrected chi connectivity index (χ1v) is 10.1. The van der Waals surface area contributed by atoms with Gasteiger partial charge in [-0.1, -0.05) is 13.0 Å². The van der Waals surface area contributed by atoms with Crippen LogP contribution in [-0.4, -0.2) is 80.1 Å². The molecule has 0 bridgehead atoms. The Morgan fingerprint density at radius 3 is 2.54 bits per heavy atom. The average Bonchev–Trinajstić information content (AvgIpc) is 2.71. The molecule has 3 heterocycles. The van der Waals surface area contributed by atoms with Gasteiger partial charge in [-0.25, -0.2) is 4.98 Å². The maximum absolute atomic E-state index is 4.53. The molecule has 1 N–H and O–H groups in total. The minimum Gasteiger partial charge on any atom is -0.356 e. The minimum absolute atomic E-state index is 0.773. The van der Waals surface area contributed by atoms with Crippen LogP contribution in [0.4, 0.5) is 5.82 Å². The third-order valence-corrected chi connectivity index (χ3v) is 5.56. The molecule has 0 spiro atoms. The average molecular weight is 359 g/mol. The first-order valence-electron chi connectivity index (χ1n) is 10.1. The van der Waals surface area contributed by atoms with Gasteiger partial charge in [-0.15, -0.1) is 0 Å². The highest BCUT2D eigenvalue weighted by Crippen LogP contribution is 2.17. The molecule has 0 amide bonds. The molecule has 6 heteroatoms. The van der Waals surface area contributed by atoms with Gasteiger partial charge in [0, 0.05) is 46.0 Å². The Hall–Kier alpha value is -1.82. The second-order valence-electron chi connectivity index (χ2n) is 7.38. The summed E-state index contributed by atoms with van der Waals surface area (Å²) in [6.07, 6.45) is 5.74. The predicted octanol–water partition coefficient (Wildman–Crippen LogP) is 1.90. The zero-order valence-electron chi connectivity index (χ0n) is 16.4. The summed E-state index contributed by atoms with van der Waals surface area (Å²) in [7, 11) is 1.90. The summed E-state index contributed by atoms with van der Waals surface area (Å²) in [5, 5.41) is 3.63. The van der Waals surface area contributed by atoms with Gasteiger partial charge in [0.25, 0.3) is 0 Å². The number of aromatic nitrogens is 1. The Morgan fingerprint density at radius 1 is 1.15 bits per heavy atom. The quantitative estimate of drug-likeness (QED) is 0.643. The Bertz CT molecular complexity index is 545. The number of aliphatic imine (C=N–C) groups is 1. The largest absolute Gasteiger partial charge is 0.356 e. The number of hydrogen-bond acceptors (Lipinski definition) is 4. The number of anilines is 1. The Labute approximate surface area is 158 Å². The van der Waals surface area contributed by atoms with E-state index in [9.17, 15) is 0 Å². The molecular weight excluding hydrogens is 324 g/mol. The summed E-state index contributed by atoms with van der Waals surface area (Å²) in [6.45, 7) is 11.0. The van der Waals surface area contributed by atoms with Crippen molar-refractivity contribution in [2.24, 2.45) is 10.9 Å². The second-order valence-corrected chi connectivity index (χ2v) is 7.38. The molecule has 0 aromatic carbocycles. The number of guanidine groups is 1. The number of rotatable bonds is 5. The van der Waals surface area contributed by atoms with Gasteiger partial charge < -0.3 is 20.0 Å². The number of nitrogens with one attached hydrogen (secondary N) is 1. The lowest BCUT2D eigenvalue weighted by Crippen LogP contribution is -2.53. The zero-order chi connectivity index (χ0) is 18.2. The fourth-order valence-corrected chi connectivity index (χ4v) is 3.99. The molecule has 144 valence electrons. The lowest BCUT2D eigenvalue weighted by atomic mass is 9.97. The second kappa shape index (κ2) is 9.76. The summed E-state index contributed by atoms with van der Waals surface area (Å²) in [5.41, 5.74) is 0. The minimum atomic E-state index is 0.773. The third kappa shape index (κ3) is 5.10. The molecule has 26 heavy (non-hydrogen) atoms. The number of nitrogens with zero attached hydrogens (tertiary/aromatic N) is 5. The molecule has 2 aliphatic heterocycles. The van der Waals surface area contributed by atoms with E-state index in [1.54, 1.807) is 0 Å². The van der Waals surface area contributed by atoms with Crippen LogP contribution in [0, 0.1) is 5.92 Å². The maximum atomic E-state index is 4.53. The fourth-order valence-electron chi connectivity index (χ4n) is 3.99. The van der Waals surface area contributed by atoms with Crippen molar-refractivity contribution in [2.45, 2.75) is 26.2 Å². The van der Waals surface area contributed by atoms with E-state index in [0.29, 0.717) is 0 Å². The van der Waals surface area contributed by atoms with Crippen LogP contribution in [-0.2, 0) is 0 Å². The summed E-state index contributed by atoms with van der Waals surface area (Å²) in [5.74, 6) is 2.91. The van der Waals surface area contributed by atoms with Crippen molar-refractivity contribution >= 4 is 11.8 Å². The van der Waals surface area contributed by atoms with E-state index in [4.69, 9.17) is 0 Å². The molecule has 1 aromatic rings. The van der Waals surface area contributed by atoms with Crippen molar-refractivity contribution in [2.75, 3.05) is 64.3 Å². The van der Waals surface area contributed by atoms with Crippen molar-refractivity contribution in [1.29, 1.82) is 0 Å². The number of hydrogen-bond donors (Lipinski definition) is 1. The Kier molecular flexibility index (Phi) is 7.12. The summed E-state index contributed by atoms with van der Waals surface area (Å²) < 4.78 is 0. The van der Waals surface area contributed by atoms with Crippen molar-refractivity contribution in [3.8, 4) is 0 Å². The van der Waals surface area contributed by atoms with Gasteiger partial charge in [0.15, 0.2) is 5.96 Å². The van der Waals surface area contributed by atoms with Gasteiger partial charge in [0.1, 0.15) is 5.82 Å². The highest BCUT2D eigenvalue weighted by Gasteiger charge is 2.22. The van der Waals surface area contributed by atoms with Gasteiger partial charge in [-0.05, 0) is 56.9 Å². The van der Waals surface area contributed by atoms with Gasteiger partial charge in [0.05, 0.1) is 0 Å². The van der Waals surface area contributed by atoms with E-state index in [1.807, 2.05) is 19.3 Å². The van der Waals surface area contributed by atoms with Crippen molar-refractivity contribution < 1.29 is 0 Å². The summed E-state index contributed by atoms with van der Waals surface area (Å²) >= 11 is 0. The lowest BCUT2D eigenvalue weighted by Gasteiger charge is -2.38.